The maximum Gasteiger partial charge on any atom is 0.281 e. The van der Waals surface area contributed by atoms with Gasteiger partial charge in [-0.2, -0.15) is 4.98 Å². The van der Waals surface area contributed by atoms with E-state index in [1.165, 1.54) is 18.2 Å². The van der Waals surface area contributed by atoms with Crippen LogP contribution >= 0.6 is 11.6 Å². The first-order chi connectivity index (χ1) is 12.0. The van der Waals surface area contributed by atoms with Gasteiger partial charge in [-0.25, -0.2) is 0 Å². The van der Waals surface area contributed by atoms with Crippen LogP contribution in [0, 0.1) is 10.1 Å². The van der Waals surface area contributed by atoms with Crippen molar-refractivity contribution < 1.29 is 4.92 Å². The molecule has 25 heavy (non-hydrogen) atoms. The number of fused-ring (bicyclic) bond motifs is 3. The summed E-state index contributed by atoms with van der Waals surface area (Å²) < 4.78 is 1.99. The van der Waals surface area contributed by atoms with Gasteiger partial charge in [-0.15, -0.1) is 0 Å². The van der Waals surface area contributed by atoms with E-state index in [-0.39, 0.29) is 11.2 Å². The molecule has 2 aromatic carbocycles. The number of aromatic nitrogens is 2. The lowest BCUT2D eigenvalue weighted by Crippen LogP contribution is -2.14. The quantitative estimate of drug-likeness (QED) is 0.517. The van der Waals surface area contributed by atoms with Crippen molar-refractivity contribution in [3.8, 4) is 0 Å². The van der Waals surface area contributed by atoms with Crippen molar-refractivity contribution in [3.63, 3.8) is 0 Å². The van der Waals surface area contributed by atoms with E-state index in [0.29, 0.717) is 34.8 Å². The highest BCUT2D eigenvalue weighted by Crippen LogP contribution is 2.32. The van der Waals surface area contributed by atoms with E-state index in [9.17, 15) is 14.9 Å². The molecule has 0 spiro atoms. The zero-order chi connectivity index (χ0) is 17.6. The molecule has 0 saturated heterocycles. The predicted octanol–water partition coefficient (Wildman–Crippen LogP) is 3.90. The summed E-state index contributed by atoms with van der Waals surface area (Å²) in [6.45, 7) is 0.696. The number of hydrogen-bond acceptors (Lipinski definition) is 4. The first kappa shape index (κ1) is 15.5. The molecular weight excluding hydrogens is 342 g/mol. The third kappa shape index (κ3) is 2.60. The van der Waals surface area contributed by atoms with Gasteiger partial charge in [0.05, 0.1) is 15.8 Å². The Kier molecular flexibility index (Phi) is 3.62. The molecule has 6 nitrogen and oxygen atoms in total. The Hall–Kier alpha value is -2.99. The van der Waals surface area contributed by atoms with E-state index in [1.54, 1.807) is 12.1 Å². The topological polar surface area (TPSA) is 78.0 Å². The van der Waals surface area contributed by atoms with Gasteiger partial charge >= 0.3 is 0 Å². The van der Waals surface area contributed by atoms with Crippen molar-refractivity contribution in [1.82, 2.24) is 9.55 Å². The number of non-ortho nitro benzene ring substituents is 1. The zero-order valence-electron chi connectivity index (χ0n) is 13.0. The molecule has 0 N–H and O–H groups in total. The maximum absolute atomic E-state index is 12.3. The van der Waals surface area contributed by atoms with Gasteiger partial charge in [0.2, 0.25) is 0 Å². The first-order valence-electron chi connectivity index (χ1n) is 7.69. The fraction of sp³-hybridized carbons (Fsp3) is 0.111. The second-order valence-corrected chi connectivity index (χ2v) is 6.20. The van der Waals surface area contributed by atoms with Crippen LogP contribution < -0.4 is 5.56 Å². The Morgan fingerprint density at radius 3 is 2.84 bits per heavy atom. The highest BCUT2D eigenvalue weighted by atomic mass is 35.5. The Morgan fingerprint density at radius 2 is 2.04 bits per heavy atom. The minimum Gasteiger partial charge on any atom is -0.325 e. The summed E-state index contributed by atoms with van der Waals surface area (Å²) in [5.74, 6) is 0.589. The molecule has 1 aromatic heterocycles. The molecule has 0 fully saturated rings. The fourth-order valence-electron chi connectivity index (χ4n) is 3.12. The zero-order valence-corrected chi connectivity index (χ0v) is 13.7. The largest absolute Gasteiger partial charge is 0.325 e. The van der Waals surface area contributed by atoms with E-state index >= 15 is 0 Å². The first-order valence-corrected chi connectivity index (χ1v) is 8.07. The van der Waals surface area contributed by atoms with Crippen LogP contribution in [0.1, 0.15) is 17.8 Å². The second-order valence-electron chi connectivity index (χ2n) is 5.79. The number of allylic oxidation sites excluding steroid dienone is 1. The summed E-state index contributed by atoms with van der Waals surface area (Å²) in [7, 11) is 0. The molecule has 1 aliphatic heterocycles. The Labute approximate surface area is 147 Å². The standard InChI is InChI=1S/C18H12ClN3O3/c19-15-6-5-13(22(24)25)10-12(15)9-11-7-8-21-16-4-2-1-3-14(16)18(23)20-17(11)21/h1-6,9-10H,7-8H2/b11-9+. The van der Waals surface area contributed by atoms with E-state index in [1.807, 2.05) is 22.8 Å². The smallest absolute Gasteiger partial charge is 0.281 e. The van der Waals surface area contributed by atoms with Gasteiger partial charge in [0.25, 0.3) is 11.2 Å². The lowest BCUT2D eigenvalue weighted by molar-refractivity contribution is -0.384. The van der Waals surface area contributed by atoms with Crippen molar-refractivity contribution in [2.24, 2.45) is 0 Å². The summed E-state index contributed by atoms with van der Waals surface area (Å²) in [5.41, 5.74) is 1.91. The van der Waals surface area contributed by atoms with Crippen LogP contribution in [-0.4, -0.2) is 14.5 Å². The molecule has 0 radical (unpaired) electrons. The highest BCUT2D eigenvalue weighted by Gasteiger charge is 2.21. The number of nitrogens with zero attached hydrogens (tertiary/aromatic N) is 3. The molecule has 0 aliphatic carbocycles. The highest BCUT2D eigenvalue weighted by molar-refractivity contribution is 6.32. The van der Waals surface area contributed by atoms with Gasteiger partial charge in [0, 0.05) is 29.3 Å². The van der Waals surface area contributed by atoms with Crippen molar-refractivity contribution in [2.45, 2.75) is 13.0 Å². The molecule has 2 heterocycles. The molecule has 4 rings (SSSR count). The average Bonchev–Trinajstić information content (AvgIpc) is 3.00. The van der Waals surface area contributed by atoms with Crippen LogP contribution in [0.15, 0.2) is 47.3 Å². The predicted molar refractivity (Wildman–Crippen MR) is 96.6 cm³/mol. The second kappa shape index (κ2) is 5.82. The van der Waals surface area contributed by atoms with Crippen LogP contribution in [0.3, 0.4) is 0 Å². The summed E-state index contributed by atoms with van der Waals surface area (Å²) in [6.07, 6.45) is 2.45. The average molecular weight is 354 g/mol. The van der Waals surface area contributed by atoms with Crippen LogP contribution in [0.2, 0.25) is 5.02 Å². The van der Waals surface area contributed by atoms with Crippen LogP contribution in [0.25, 0.3) is 22.6 Å². The minimum absolute atomic E-state index is 0.0295. The summed E-state index contributed by atoms with van der Waals surface area (Å²) in [4.78, 5) is 27.0. The minimum atomic E-state index is -0.461. The fourth-order valence-corrected chi connectivity index (χ4v) is 3.29. The number of aryl methyl sites for hydroxylation is 1. The molecular formula is C18H12ClN3O3. The molecule has 124 valence electrons. The molecule has 0 saturated carbocycles. The number of nitro groups is 1. The van der Waals surface area contributed by atoms with Crippen molar-refractivity contribution >= 4 is 39.8 Å². The lowest BCUT2D eigenvalue weighted by atomic mass is 10.1. The third-order valence-corrected chi connectivity index (χ3v) is 4.64. The number of rotatable bonds is 2. The summed E-state index contributed by atoms with van der Waals surface area (Å²) in [6, 6.07) is 11.6. The molecule has 0 unspecified atom stereocenters. The van der Waals surface area contributed by atoms with Gasteiger partial charge in [0.1, 0.15) is 5.82 Å². The molecule has 0 amide bonds. The lowest BCUT2D eigenvalue weighted by Gasteiger charge is -2.07. The van der Waals surface area contributed by atoms with Crippen LogP contribution in [0.4, 0.5) is 5.69 Å². The normalized spacial score (nSPS) is 14.8. The van der Waals surface area contributed by atoms with Crippen molar-refractivity contribution in [1.29, 1.82) is 0 Å². The number of hydrogen-bond donors (Lipinski definition) is 0. The van der Waals surface area contributed by atoms with Crippen LogP contribution in [-0.2, 0) is 6.54 Å². The molecule has 1 aliphatic rings. The van der Waals surface area contributed by atoms with Gasteiger partial charge in [-0.05, 0) is 36.3 Å². The van der Waals surface area contributed by atoms with E-state index in [4.69, 9.17) is 11.6 Å². The Bertz CT molecular complexity index is 1120. The van der Waals surface area contributed by atoms with E-state index in [2.05, 4.69) is 4.98 Å². The van der Waals surface area contributed by atoms with Gasteiger partial charge in [-0.3, -0.25) is 14.9 Å². The summed E-state index contributed by atoms with van der Waals surface area (Å²) >= 11 is 6.18. The number of halogens is 1. The van der Waals surface area contributed by atoms with E-state index in [0.717, 1.165) is 11.1 Å². The Morgan fingerprint density at radius 1 is 1.24 bits per heavy atom. The summed E-state index contributed by atoms with van der Waals surface area (Å²) in [5, 5.41) is 12.0. The molecule has 0 atom stereocenters. The molecule has 7 heteroatoms. The maximum atomic E-state index is 12.3. The molecule has 3 aromatic rings. The number of para-hydroxylation sites is 1. The van der Waals surface area contributed by atoms with Crippen LogP contribution in [0.5, 0.6) is 0 Å². The number of benzene rings is 2. The monoisotopic (exact) mass is 353 g/mol. The van der Waals surface area contributed by atoms with Gasteiger partial charge in [-0.1, -0.05) is 23.7 Å². The van der Waals surface area contributed by atoms with E-state index < -0.39 is 4.92 Å². The van der Waals surface area contributed by atoms with Gasteiger partial charge in [0.15, 0.2) is 0 Å². The number of nitro benzene ring substituents is 1. The third-order valence-electron chi connectivity index (χ3n) is 4.30. The van der Waals surface area contributed by atoms with Crippen molar-refractivity contribution in [3.05, 3.63) is 79.3 Å². The molecule has 0 bridgehead atoms. The SMILES string of the molecule is O=c1nc2n(c3ccccc13)CC/C2=C\c1cc([N+](=O)[O-])ccc1Cl. The Balaban J connectivity index is 1.89. The van der Waals surface area contributed by atoms with Gasteiger partial charge < -0.3 is 4.57 Å². The van der Waals surface area contributed by atoms with Crippen molar-refractivity contribution in [2.75, 3.05) is 0 Å².